The van der Waals surface area contributed by atoms with Gasteiger partial charge in [0, 0.05) is 10.7 Å². The summed E-state index contributed by atoms with van der Waals surface area (Å²) < 4.78 is 40.8. The van der Waals surface area contributed by atoms with E-state index in [1.165, 1.54) is 12.1 Å². The number of hydrogen-bond acceptors (Lipinski definition) is 3. The highest BCUT2D eigenvalue weighted by atomic mass is 35.5. The van der Waals surface area contributed by atoms with Gasteiger partial charge in [-0.3, -0.25) is 9.10 Å². The Morgan fingerprint density at radius 1 is 1.00 bits per heavy atom. The lowest BCUT2D eigenvalue weighted by atomic mass is 10.2. The highest BCUT2D eigenvalue weighted by molar-refractivity contribution is 7.92. The van der Waals surface area contributed by atoms with E-state index in [0.717, 1.165) is 27.6 Å². The summed E-state index contributed by atoms with van der Waals surface area (Å²) in [7, 11) is -4.11. The number of hydrogen-bond donors (Lipinski definition) is 1. The molecule has 3 aromatic carbocycles. The first-order chi connectivity index (χ1) is 14.2. The molecule has 0 heterocycles. The van der Waals surface area contributed by atoms with Crippen molar-refractivity contribution >= 4 is 38.9 Å². The molecule has 30 heavy (non-hydrogen) atoms. The van der Waals surface area contributed by atoms with Gasteiger partial charge in [-0.2, -0.15) is 0 Å². The standard InChI is InChI=1S/C22H20ClFN2O3S/c1-15-3-9-19(10-4-15)26(30(28,29)20-11-7-18(24)8-12-20)14-22(27)25-21-13-17(23)6-5-16(21)2/h3-13H,14H2,1-2H3,(H,25,27). The Labute approximate surface area is 180 Å². The predicted molar refractivity (Wildman–Crippen MR) is 117 cm³/mol. The van der Waals surface area contributed by atoms with Crippen molar-refractivity contribution in [3.05, 3.63) is 88.7 Å². The molecule has 0 aliphatic rings. The Hall–Kier alpha value is -2.90. The Kier molecular flexibility index (Phi) is 6.43. The van der Waals surface area contributed by atoms with Crippen molar-refractivity contribution in [1.29, 1.82) is 0 Å². The summed E-state index contributed by atoms with van der Waals surface area (Å²) in [5.74, 6) is -1.09. The third-order valence-corrected chi connectivity index (χ3v) is 6.51. The SMILES string of the molecule is Cc1ccc(N(CC(=O)Nc2cc(Cl)ccc2C)S(=O)(=O)c2ccc(F)cc2)cc1. The second-order valence-electron chi connectivity index (χ2n) is 6.81. The first kappa shape index (κ1) is 21.8. The molecular formula is C22H20ClFN2O3S. The quantitative estimate of drug-likeness (QED) is 0.583. The summed E-state index contributed by atoms with van der Waals surface area (Å²) in [5, 5.41) is 3.16. The minimum Gasteiger partial charge on any atom is -0.324 e. The van der Waals surface area contributed by atoms with Crippen LogP contribution in [0, 0.1) is 19.7 Å². The molecule has 1 amide bonds. The van der Waals surface area contributed by atoms with Crippen LogP contribution in [0.5, 0.6) is 0 Å². The Bertz CT molecular complexity index is 1160. The van der Waals surface area contributed by atoms with Crippen molar-refractivity contribution in [2.45, 2.75) is 18.7 Å². The van der Waals surface area contributed by atoms with Gasteiger partial charge in [-0.25, -0.2) is 12.8 Å². The molecule has 0 bridgehead atoms. The van der Waals surface area contributed by atoms with E-state index in [1.54, 1.807) is 49.4 Å². The lowest BCUT2D eigenvalue weighted by Crippen LogP contribution is -2.38. The van der Waals surface area contributed by atoms with Crippen molar-refractivity contribution in [1.82, 2.24) is 0 Å². The number of benzene rings is 3. The molecule has 0 saturated heterocycles. The lowest BCUT2D eigenvalue weighted by Gasteiger charge is -2.24. The lowest BCUT2D eigenvalue weighted by molar-refractivity contribution is -0.114. The normalized spacial score (nSPS) is 11.2. The van der Waals surface area contributed by atoms with Crippen molar-refractivity contribution in [2.75, 3.05) is 16.2 Å². The number of aryl methyl sites for hydroxylation is 2. The Balaban J connectivity index is 1.95. The second-order valence-corrected chi connectivity index (χ2v) is 9.11. The molecule has 0 aromatic heterocycles. The van der Waals surface area contributed by atoms with Crippen molar-refractivity contribution in [2.24, 2.45) is 0 Å². The number of rotatable bonds is 6. The van der Waals surface area contributed by atoms with Crippen molar-refractivity contribution in [3.63, 3.8) is 0 Å². The van der Waals surface area contributed by atoms with Gasteiger partial charge in [0.05, 0.1) is 10.6 Å². The summed E-state index contributed by atoms with van der Waals surface area (Å²) >= 11 is 5.99. The molecule has 0 radical (unpaired) electrons. The minimum absolute atomic E-state index is 0.115. The average Bonchev–Trinajstić information content (AvgIpc) is 2.70. The second kappa shape index (κ2) is 8.85. The van der Waals surface area contributed by atoms with Crippen LogP contribution in [0.4, 0.5) is 15.8 Å². The van der Waals surface area contributed by atoms with Crippen LogP contribution in [-0.4, -0.2) is 20.9 Å². The van der Waals surface area contributed by atoms with Gasteiger partial charge in [-0.15, -0.1) is 0 Å². The molecule has 0 spiro atoms. The molecule has 0 fully saturated rings. The molecule has 0 saturated carbocycles. The number of nitrogens with one attached hydrogen (secondary N) is 1. The number of nitrogens with zero attached hydrogens (tertiary/aromatic N) is 1. The molecule has 0 unspecified atom stereocenters. The van der Waals surface area contributed by atoms with E-state index in [-0.39, 0.29) is 4.90 Å². The fourth-order valence-electron chi connectivity index (χ4n) is 2.81. The number of amides is 1. The maximum atomic E-state index is 13.3. The maximum absolute atomic E-state index is 13.3. The Morgan fingerprint density at radius 2 is 1.63 bits per heavy atom. The summed E-state index contributed by atoms with van der Waals surface area (Å²) in [5.41, 5.74) is 2.55. The van der Waals surface area contributed by atoms with Crippen molar-refractivity contribution < 1.29 is 17.6 Å². The van der Waals surface area contributed by atoms with Crippen LogP contribution < -0.4 is 9.62 Å². The largest absolute Gasteiger partial charge is 0.324 e. The smallest absolute Gasteiger partial charge is 0.264 e. The fraction of sp³-hybridized carbons (Fsp3) is 0.136. The first-order valence-corrected chi connectivity index (χ1v) is 10.9. The van der Waals surface area contributed by atoms with Crippen LogP contribution in [0.15, 0.2) is 71.6 Å². The molecule has 0 atom stereocenters. The predicted octanol–water partition coefficient (Wildman–Crippen LogP) is 4.93. The third kappa shape index (κ3) is 4.98. The van der Waals surface area contributed by atoms with E-state index in [0.29, 0.717) is 16.4 Å². The zero-order valence-electron chi connectivity index (χ0n) is 16.4. The molecule has 8 heteroatoms. The Morgan fingerprint density at radius 3 is 2.27 bits per heavy atom. The van der Waals surface area contributed by atoms with Gasteiger partial charge in [-0.1, -0.05) is 35.4 Å². The maximum Gasteiger partial charge on any atom is 0.264 e. The fourth-order valence-corrected chi connectivity index (χ4v) is 4.40. The van der Waals surface area contributed by atoms with Gasteiger partial charge in [-0.05, 0) is 67.9 Å². The number of halogens is 2. The number of carbonyl (C=O) groups is 1. The van der Waals surface area contributed by atoms with Crippen LogP contribution in [0.3, 0.4) is 0 Å². The molecule has 3 aromatic rings. The molecule has 1 N–H and O–H groups in total. The number of carbonyl (C=O) groups excluding carboxylic acids is 1. The molecular weight excluding hydrogens is 427 g/mol. The molecule has 3 rings (SSSR count). The molecule has 156 valence electrons. The zero-order valence-corrected chi connectivity index (χ0v) is 18.0. The van der Waals surface area contributed by atoms with Gasteiger partial charge < -0.3 is 5.32 Å². The third-order valence-electron chi connectivity index (χ3n) is 4.48. The van der Waals surface area contributed by atoms with E-state index in [2.05, 4.69) is 5.32 Å². The minimum atomic E-state index is -4.11. The van der Waals surface area contributed by atoms with Gasteiger partial charge in [0.15, 0.2) is 0 Å². The van der Waals surface area contributed by atoms with Gasteiger partial charge in [0.25, 0.3) is 10.0 Å². The van der Waals surface area contributed by atoms with E-state index < -0.39 is 28.3 Å². The number of anilines is 2. The molecule has 0 aliphatic carbocycles. The van der Waals surface area contributed by atoms with E-state index in [4.69, 9.17) is 11.6 Å². The summed E-state index contributed by atoms with van der Waals surface area (Å²) in [6.45, 7) is 3.21. The van der Waals surface area contributed by atoms with Crippen LogP contribution in [0.25, 0.3) is 0 Å². The highest BCUT2D eigenvalue weighted by Gasteiger charge is 2.27. The number of sulfonamides is 1. The zero-order chi connectivity index (χ0) is 21.9. The van der Waals surface area contributed by atoms with Gasteiger partial charge in [0.2, 0.25) is 5.91 Å². The van der Waals surface area contributed by atoms with Crippen LogP contribution >= 0.6 is 11.6 Å². The van der Waals surface area contributed by atoms with E-state index in [1.807, 2.05) is 6.92 Å². The van der Waals surface area contributed by atoms with Crippen molar-refractivity contribution in [3.8, 4) is 0 Å². The topological polar surface area (TPSA) is 66.5 Å². The molecule has 0 aliphatic heterocycles. The summed E-state index contributed by atoms with van der Waals surface area (Å²) in [6, 6.07) is 16.3. The van der Waals surface area contributed by atoms with E-state index in [9.17, 15) is 17.6 Å². The van der Waals surface area contributed by atoms with E-state index >= 15 is 0 Å². The van der Waals surface area contributed by atoms with Crippen LogP contribution in [0.1, 0.15) is 11.1 Å². The summed E-state index contributed by atoms with van der Waals surface area (Å²) in [4.78, 5) is 12.6. The monoisotopic (exact) mass is 446 g/mol. The highest BCUT2D eigenvalue weighted by Crippen LogP contribution is 2.25. The van der Waals surface area contributed by atoms with Gasteiger partial charge >= 0.3 is 0 Å². The van der Waals surface area contributed by atoms with Gasteiger partial charge in [0.1, 0.15) is 12.4 Å². The van der Waals surface area contributed by atoms with Crippen LogP contribution in [0.2, 0.25) is 5.02 Å². The molecule has 5 nitrogen and oxygen atoms in total. The van der Waals surface area contributed by atoms with Crippen LogP contribution in [-0.2, 0) is 14.8 Å². The average molecular weight is 447 g/mol. The first-order valence-electron chi connectivity index (χ1n) is 9.08. The summed E-state index contributed by atoms with van der Waals surface area (Å²) in [6.07, 6.45) is 0.